The van der Waals surface area contributed by atoms with E-state index in [1.165, 1.54) is 12.1 Å². The lowest BCUT2D eigenvalue weighted by Crippen LogP contribution is -1.94. The lowest BCUT2D eigenvalue weighted by Gasteiger charge is -2.08. The van der Waals surface area contributed by atoms with Gasteiger partial charge >= 0.3 is 5.69 Å². The van der Waals surface area contributed by atoms with Crippen molar-refractivity contribution in [1.82, 2.24) is 0 Å². The van der Waals surface area contributed by atoms with E-state index in [9.17, 15) is 10.1 Å². The average molecular weight is 278 g/mol. The summed E-state index contributed by atoms with van der Waals surface area (Å²) in [6.45, 7) is 2.03. The minimum atomic E-state index is -0.540. The number of ether oxygens (including phenoxy) is 1. The molecule has 0 saturated heterocycles. The highest BCUT2D eigenvalue weighted by molar-refractivity contribution is 6.32. The number of hydrogen-bond acceptors (Lipinski definition) is 3. The fourth-order valence-corrected chi connectivity index (χ4v) is 1.95. The van der Waals surface area contributed by atoms with E-state index in [1.54, 1.807) is 12.1 Å². The monoisotopic (exact) mass is 277 g/mol. The van der Waals surface area contributed by atoms with Gasteiger partial charge in [-0.25, -0.2) is 0 Å². The molecule has 0 bridgehead atoms. The van der Waals surface area contributed by atoms with Crippen molar-refractivity contribution in [3.63, 3.8) is 0 Å². The topological polar surface area (TPSA) is 52.4 Å². The number of hydrogen-bond donors (Lipinski definition) is 0. The van der Waals surface area contributed by atoms with Crippen LogP contribution in [0.3, 0.4) is 0 Å². The van der Waals surface area contributed by atoms with Crippen LogP contribution in [-0.2, 0) is 6.42 Å². The maximum Gasteiger partial charge on any atom is 0.329 e. The molecule has 0 aliphatic heterocycles. The van der Waals surface area contributed by atoms with Crippen molar-refractivity contribution in [3.8, 4) is 11.5 Å². The molecule has 5 heteroatoms. The number of aryl methyl sites for hydroxylation is 1. The molecule has 0 amide bonds. The van der Waals surface area contributed by atoms with Gasteiger partial charge in [-0.2, -0.15) is 0 Å². The second-order valence-corrected chi connectivity index (χ2v) is 4.35. The Labute approximate surface area is 115 Å². The quantitative estimate of drug-likeness (QED) is 0.606. The molecular weight excluding hydrogens is 266 g/mol. The predicted molar refractivity (Wildman–Crippen MR) is 74.0 cm³/mol. The first-order valence-electron chi connectivity index (χ1n) is 5.81. The van der Waals surface area contributed by atoms with Crippen LogP contribution < -0.4 is 4.74 Å². The highest BCUT2D eigenvalue weighted by Crippen LogP contribution is 2.37. The highest BCUT2D eigenvalue weighted by atomic mass is 35.5. The third-order valence-electron chi connectivity index (χ3n) is 2.67. The van der Waals surface area contributed by atoms with Crippen LogP contribution >= 0.6 is 11.6 Å². The van der Waals surface area contributed by atoms with E-state index < -0.39 is 4.92 Å². The van der Waals surface area contributed by atoms with Gasteiger partial charge in [-0.3, -0.25) is 10.1 Å². The van der Waals surface area contributed by atoms with Crippen molar-refractivity contribution in [2.24, 2.45) is 0 Å². The van der Waals surface area contributed by atoms with Crippen molar-refractivity contribution in [2.75, 3.05) is 0 Å². The van der Waals surface area contributed by atoms with Gasteiger partial charge in [0.25, 0.3) is 0 Å². The number of para-hydroxylation sites is 1. The summed E-state index contributed by atoms with van der Waals surface area (Å²) < 4.78 is 5.57. The zero-order valence-corrected chi connectivity index (χ0v) is 11.1. The standard InChI is InChI=1S/C14H12ClNO3/c1-2-10-5-3-6-11(9-10)19-13-8-4-7-12(15)14(13)16(17)18/h3-9H,2H2,1H3. The van der Waals surface area contributed by atoms with Gasteiger partial charge in [0.2, 0.25) is 5.75 Å². The second-order valence-electron chi connectivity index (χ2n) is 3.95. The first-order chi connectivity index (χ1) is 9.11. The zero-order chi connectivity index (χ0) is 13.8. The summed E-state index contributed by atoms with van der Waals surface area (Å²) in [6.07, 6.45) is 0.870. The fourth-order valence-electron chi connectivity index (χ4n) is 1.71. The molecule has 2 aromatic carbocycles. The van der Waals surface area contributed by atoms with E-state index in [0.29, 0.717) is 5.75 Å². The molecule has 0 heterocycles. The molecule has 0 atom stereocenters. The molecule has 2 aromatic rings. The highest BCUT2D eigenvalue weighted by Gasteiger charge is 2.20. The summed E-state index contributed by atoms with van der Waals surface area (Å²) in [7, 11) is 0. The van der Waals surface area contributed by atoms with Crippen LogP contribution in [0.4, 0.5) is 5.69 Å². The van der Waals surface area contributed by atoms with Crippen LogP contribution in [0.2, 0.25) is 5.02 Å². The Bertz CT molecular complexity index is 613. The summed E-state index contributed by atoms with van der Waals surface area (Å²) in [5, 5.41) is 11.1. The summed E-state index contributed by atoms with van der Waals surface area (Å²) in [5.74, 6) is 0.704. The van der Waals surface area contributed by atoms with Crippen molar-refractivity contribution in [3.05, 3.63) is 63.2 Å². The van der Waals surface area contributed by atoms with Gasteiger partial charge in [-0.15, -0.1) is 0 Å². The van der Waals surface area contributed by atoms with Gasteiger partial charge in [0.1, 0.15) is 10.8 Å². The van der Waals surface area contributed by atoms with Crippen LogP contribution in [0, 0.1) is 10.1 Å². The maximum atomic E-state index is 11.0. The van der Waals surface area contributed by atoms with E-state index in [-0.39, 0.29) is 16.5 Å². The number of nitrogens with zero attached hydrogens (tertiary/aromatic N) is 1. The van der Waals surface area contributed by atoms with Crippen LogP contribution in [0.5, 0.6) is 11.5 Å². The van der Waals surface area contributed by atoms with Gasteiger partial charge in [0.05, 0.1) is 4.92 Å². The van der Waals surface area contributed by atoms with Gasteiger partial charge in [0.15, 0.2) is 0 Å². The molecule has 0 radical (unpaired) electrons. The lowest BCUT2D eigenvalue weighted by molar-refractivity contribution is -0.385. The second kappa shape index (κ2) is 5.71. The smallest absolute Gasteiger partial charge is 0.329 e. The van der Waals surface area contributed by atoms with E-state index in [1.807, 2.05) is 25.1 Å². The molecule has 19 heavy (non-hydrogen) atoms. The Morgan fingerprint density at radius 2 is 2.00 bits per heavy atom. The van der Waals surface area contributed by atoms with Gasteiger partial charge in [-0.1, -0.05) is 36.7 Å². The minimum absolute atomic E-state index is 0.0640. The van der Waals surface area contributed by atoms with Crippen molar-refractivity contribution < 1.29 is 9.66 Å². The number of nitro groups is 1. The largest absolute Gasteiger partial charge is 0.450 e. The molecular formula is C14H12ClNO3. The molecule has 0 spiro atoms. The molecule has 2 rings (SSSR count). The van der Waals surface area contributed by atoms with Gasteiger partial charge < -0.3 is 4.74 Å². The summed E-state index contributed by atoms with van der Waals surface area (Å²) in [4.78, 5) is 10.5. The summed E-state index contributed by atoms with van der Waals surface area (Å²) in [6, 6.07) is 12.0. The molecule has 0 aromatic heterocycles. The van der Waals surface area contributed by atoms with Crippen LogP contribution in [-0.4, -0.2) is 4.92 Å². The molecule has 0 unspecified atom stereocenters. The lowest BCUT2D eigenvalue weighted by atomic mass is 10.2. The Balaban J connectivity index is 2.38. The van der Waals surface area contributed by atoms with Gasteiger partial charge in [0, 0.05) is 0 Å². The molecule has 4 nitrogen and oxygen atoms in total. The Kier molecular flexibility index (Phi) is 4.02. The third kappa shape index (κ3) is 3.03. The van der Waals surface area contributed by atoms with Crippen LogP contribution in [0.1, 0.15) is 12.5 Å². The summed E-state index contributed by atoms with van der Waals surface area (Å²) in [5.41, 5.74) is 0.883. The van der Waals surface area contributed by atoms with Crippen molar-refractivity contribution in [2.45, 2.75) is 13.3 Å². The number of rotatable bonds is 4. The normalized spacial score (nSPS) is 10.2. The SMILES string of the molecule is CCc1cccc(Oc2cccc(Cl)c2[N+](=O)[O-])c1. The average Bonchev–Trinajstić information content (AvgIpc) is 2.38. The Morgan fingerprint density at radius 3 is 2.68 bits per heavy atom. The Hall–Kier alpha value is -2.07. The van der Waals surface area contributed by atoms with Crippen molar-refractivity contribution in [1.29, 1.82) is 0 Å². The van der Waals surface area contributed by atoms with Crippen LogP contribution in [0.15, 0.2) is 42.5 Å². The van der Waals surface area contributed by atoms with E-state index in [4.69, 9.17) is 16.3 Å². The van der Waals surface area contributed by atoms with E-state index in [2.05, 4.69) is 0 Å². The molecule has 0 aliphatic carbocycles. The minimum Gasteiger partial charge on any atom is -0.450 e. The maximum absolute atomic E-state index is 11.0. The first kappa shape index (κ1) is 13.4. The molecule has 0 saturated carbocycles. The predicted octanol–water partition coefficient (Wildman–Crippen LogP) is 4.60. The number of nitro benzene ring substituents is 1. The zero-order valence-electron chi connectivity index (χ0n) is 10.3. The van der Waals surface area contributed by atoms with Gasteiger partial charge in [-0.05, 0) is 36.2 Å². The fraction of sp³-hybridized carbons (Fsp3) is 0.143. The molecule has 0 fully saturated rings. The Morgan fingerprint density at radius 1 is 1.26 bits per heavy atom. The van der Waals surface area contributed by atoms with E-state index >= 15 is 0 Å². The van der Waals surface area contributed by atoms with Crippen LogP contribution in [0.25, 0.3) is 0 Å². The van der Waals surface area contributed by atoms with E-state index in [0.717, 1.165) is 12.0 Å². The first-order valence-corrected chi connectivity index (χ1v) is 6.19. The number of halogens is 1. The third-order valence-corrected chi connectivity index (χ3v) is 2.97. The molecule has 0 aliphatic rings. The number of benzene rings is 2. The summed E-state index contributed by atoms with van der Waals surface area (Å²) >= 11 is 5.83. The van der Waals surface area contributed by atoms with Crippen molar-refractivity contribution >= 4 is 17.3 Å². The molecule has 98 valence electrons. The molecule has 0 N–H and O–H groups in total.